The molecule has 34 heavy (non-hydrogen) atoms. The molecule has 2 saturated heterocycles. The molecule has 3 aliphatic carbocycles. The van der Waals surface area contributed by atoms with Crippen LogP contribution in [-0.2, 0) is 19.0 Å². The van der Waals surface area contributed by atoms with Crippen LogP contribution in [0.25, 0.3) is 0 Å². The van der Waals surface area contributed by atoms with Crippen molar-refractivity contribution in [2.24, 2.45) is 29.6 Å². The summed E-state index contributed by atoms with van der Waals surface area (Å²) in [6.45, 7) is 4.95. The summed E-state index contributed by atoms with van der Waals surface area (Å²) in [4.78, 5) is 13.3. The molecule has 2 unspecified atom stereocenters. The Morgan fingerprint density at radius 1 is 1.03 bits per heavy atom. The van der Waals surface area contributed by atoms with Crippen LogP contribution in [0.5, 0.6) is 0 Å². The number of rotatable bonds is 7. The summed E-state index contributed by atoms with van der Waals surface area (Å²) in [5.74, 6) is 1.88. The van der Waals surface area contributed by atoms with Crippen LogP contribution in [0.3, 0.4) is 0 Å². The summed E-state index contributed by atoms with van der Waals surface area (Å²) in [6, 6.07) is 0. The number of aliphatic hydroxyl groups excluding tert-OH is 1. The molecule has 0 aromatic rings. The molecular weight excluding hydrogens is 428 g/mol. The van der Waals surface area contributed by atoms with Crippen molar-refractivity contribution in [2.45, 2.75) is 121 Å². The third-order valence-electron chi connectivity index (χ3n) is 10.3. The summed E-state index contributed by atoms with van der Waals surface area (Å²) in [5.41, 5.74) is -0.841. The molecule has 5 nitrogen and oxygen atoms in total. The topological polar surface area (TPSA) is 65.0 Å². The van der Waals surface area contributed by atoms with E-state index < -0.39 is 5.60 Å². The van der Waals surface area contributed by atoms with Crippen molar-refractivity contribution < 1.29 is 24.1 Å². The first-order chi connectivity index (χ1) is 16.5. The van der Waals surface area contributed by atoms with E-state index in [2.05, 4.69) is 19.9 Å². The molecule has 5 fully saturated rings. The zero-order valence-corrected chi connectivity index (χ0v) is 21.4. The van der Waals surface area contributed by atoms with Gasteiger partial charge in [0.05, 0.1) is 24.9 Å². The van der Waals surface area contributed by atoms with Gasteiger partial charge >= 0.3 is 5.97 Å². The molecule has 2 bridgehead atoms. The van der Waals surface area contributed by atoms with Crippen molar-refractivity contribution in [3.63, 3.8) is 0 Å². The number of hydrogen-bond donors (Lipinski definition) is 1. The summed E-state index contributed by atoms with van der Waals surface area (Å²) in [7, 11) is 0. The Morgan fingerprint density at radius 2 is 1.74 bits per heavy atom. The molecule has 0 amide bonds. The fourth-order valence-electron chi connectivity index (χ4n) is 8.60. The van der Waals surface area contributed by atoms with Crippen LogP contribution in [0.4, 0.5) is 0 Å². The van der Waals surface area contributed by atoms with Crippen molar-refractivity contribution in [2.75, 3.05) is 13.2 Å². The fourth-order valence-corrected chi connectivity index (χ4v) is 8.60. The minimum atomic E-state index is -0.469. The van der Waals surface area contributed by atoms with Crippen LogP contribution in [0.2, 0.25) is 0 Å². The number of ether oxygens (including phenoxy) is 3. The van der Waals surface area contributed by atoms with E-state index in [0.29, 0.717) is 36.2 Å². The van der Waals surface area contributed by atoms with Gasteiger partial charge in [0.15, 0.2) is 0 Å². The second-order valence-corrected chi connectivity index (χ2v) is 12.2. The normalized spacial score (nSPS) is 43.3. The molecule has 5 rings (SSSR count). The summed E-state index contributed by atoms with van der Waals surface area (Å²) >= 11 is 0. The number of hydrogen-bond acceptors (Lipinski definition) is 5. The smallest absolute Gasteiger partial charge is 0.330 e. The zero-order valence-electron chi connectivity index (χ0n) is 21.4. The highest BCUT2D eigenvalue weighted by molar-refractivity contribution is 5.82. The predicted octanol–water partition coefficient (Wildman–Crippen LogP) is 5.59. The largest absolute Gasteiger partial charge is 0.456 e. The summed E-state index contributed by atoms with van der Waals surface area (Å²) in [6.07, 6.45) is 18.8. The second-order valence-electron chi connectivity index (χ2n) is 12.2. The Bertz CT molecular complexity index is 739. The van der Waals surface area contributed by atoms with Gasteiger partial charge in [-0.25, -0.2) is 4.79 Å². The molecule has 2 aliphatic heterocycles. The minimum absolute atomic E-state index is 0.0257. The Balaban J connectivity index is 1.44. The molecular formula is C29H46O5. The number of esters is 1. The van der Waals surface area contributed by atoms with Gasteiger partial charge in [0.1, 0.15) is 11.7 Å². The number of allylic oxidation sites excluding steroid dienone is 1. The molecule has 7 atom stereocenters. The van der Waals surface area contributed by atoms with Crippen LogP contribution in [0, 0.1) is 29.6 Å². The number of carbonyl (C=O) groups excluding carboxylic acids is 1. The van der Waals surface area contributed by atoms with Crippen LogP contribution < -0.4 is 0 Å². The molecule has 3 saturated carbocycles. The standard InChI is InChI=1S/C29H46O5/c1-20-13-15-23-26(20)27(33-25(31)16-14-21-9-5-3-6-10-21)29(22-11-7-4-8-12-22)19-24(32-18-17-30)28(23,2)34-29/h14,16,20-24,26-27,30H,3-13,15,17-19H2,1-2H3/b16-14+/t20?,23-,24-,26?,27+,28+,29-/m1/s1. The lowest BCUT2D eigenvalue weighted by atomic mass is 9.66. The highest BCUT2D eigenvalue weighted by Crippen LogP contribution is 2.64. The van der Waals surface area contributed by atoms with Gasteiger partial charge in [-0.3, -0.25) is 0 Å². The van der Waals surface area contributed by atoms with Gasteiger partial charge in [-0.1, -0.05) is 51.5 Å². The van der Waals surface area contributed by atoms with E-state index in [1.165, 1.54) is 51.4 Å². The van der Waals surface area contributed by atoms with Gasteiger partial charge in [0.25, 0.3) is 0 Å². The average molecular weight is 475 g/mol. The first-order valence-corrected chi connectivity index (χ1v) is 14.3. The Labute approximate surface area is 206 Å². The number of carbonyl (C=O) groups is 1. The molecule has 2 heterocycles. The number of fused-ring (bicyclic) bond motifs is 4. The first kappa shape index (κ1) is 24.8. The monoisotopic (exact) mass is 474 g/mol. The molecule has 0 aromatic heterocycles. The van der Waals surface area contributed by atoms with E-state index in [1.807, 2.05) is 0 Å². The van der Waals surface area contributed by atoms with E-state index in [-0.39, 0.29) is 30.4 Å². The van der Waals surface area contributed by atoms with Gasteiger partial charge in [-0.15, -0.1) is 0 Å². The zero-order chi connectivity index (χ0) is 23.8. The van der Waals surface area contributed by atoms with Gasteiger partial charge < -0.3 is 19.3 Å². The molecule has 1 N–H and O–H groups in total. The average Bonchev–Trinajstić information content (AvgIpc) is 3.38. The molecule has 5 aliphatic rings. The lowest BCUT2D eigenvalue weighted by Crippen LogP contribution is -2.63. The molecule has 192 valence electrons. The Hall–Kier alpha value is -0.910. The van der Waals surface area contributed by atoms with Gasteiger partial charge in [0, 0.05) is 18.4 Å². The molecule has 5 heteroatoms. The van der Waals surface area contributed by atoms with Crippen molar-refractivity contribution in [3.8, 4) is 0 Å². The first-order valence-electron chi connectivity index (χ1n) is 14.3. The summed E-state index contributed by atoms with van der Waals surface area (Å²) in [5, 5.41) is 9.49. The maximum Gasteiger partial charge on any atom is 0.330 e. The SMILES string of the molecule is CC1CC[C@@H]2C1[C@H](OC(=O)/C=C/C1CCCCC1)[C@]1(C3CCCCC3)C[C@@H](OCCO)[C@@]2(C)O1. The van der Waals surface area contributed by atoms with Gasteiger partial charge in [-0.2, -0.15) is 0 Å². The summed E-state index contributed by atoms with van der Waals surface area (Å²) < 4.78 is 20.0. The van der Waals surface area contributed by atoms with E-state index in [0.717, 1.165) is 32.1 Å². The Morgan fingerprint density at radius 3 is 2.44 bits per heavy atom. The predicted molar refractivity (Wildman–Crippen MR) is 131 cm³/mol. The third kappa shape index (κ3) is 4.39. The lowest BCUT2D eigenvalue weighted by Gasteiger charge is -2.54. The van der Waals surface area contributed by atoms with Crippen LogP contribution >= 0.6 is 0 Å². The van der Waals surface area contributed by atoms with Gasteiger partial charge in [0.2, 0.25) is 0 Å². The van der Waals surface area contributed by atoms with Crippen LogP contribution in [-0.4, -0.2) is 47.7 Å². The molecule has 0 aromatic carbocycles. The van der Waals surface area contributed by atoms with Crippen molar-refractivity contribution in [1.82, 2.24) is 0 Å². The third-order valence-corrected chi connectivity index (χ3v) is 10.3. The van der Waals surface area contributed by atoms with Crippen molar-refractivity contribution >= 4 is 5.97 Å². The Kier molecular flexibility index (Phi) is 7.45. The number of aliphatic hydroxyl groups is 1. The van der Waals surface area contributed by atoms with Crippen molar-refractivity contribution in [1.29, 1.82) is 0 Å². The maximum absolute atomic E-state index is 13.3. The highest BCUT2D eigenvalue weighted by Gasteiger charge is 2.72. The van der Waals surface area contributed by atoms with E-state index in [4.69, 9.17) is 14.2 Å². The van der Waals surface area contributed by atoms with Gasteiger partial charge in [-0.05, 0) is 69.1 Å². The van der Waals surface area contributed by atoms with E-state index in [1.54, 1.807) is 6.08 Å². The van der Waals surface area contributed by atoms with E-state index >= 15 is 0 Å². The lowest BCUT2D eigenvalue weighted by molar-refractivity contribution is -0.271. The maximum atomic E-state index is 13.3. The highest BCUT2D eigenvalue weighted by atomic mass is 16.6. The van der Waals surface area contributed by atoms with Crippen LogP contribution in [0.15, 0.2) is 12.2 Å². The van der Waals surface area contributed by atoms with Crippen LogP contribution in [0.1, 0.15) is 97.3 Å². The fraction of sp³-hybridized carbons (Fsp3) is 0.897. The molecule has 0 radical (unpaired) electrons. The quantitative estimate of drug-likeness (QED) is 0.385. The van der Waals surface area contributed by atoms with E-state index in [9.17, 15) is 9.90 Å². The second kappa shape index (κ2) is 10.2. The molecule has 0 spiro atoms. The minimum Gasteiger partial charge on any atom is -0.456 e. The van der Waals surface area contributed by atoms with Crippen molar-refractivity contribution in [3.05, 3.63) is 12.2 Å².